The first-order valence-corrected chi connectivity index (χ1v) is 13.8. The molecule has 0 bridgehead atoms. The molecule has 3 aliphatic rings. The van der Waals surface area contributed by atoms with E-state index in [0.29, 0.717) is 31.6 Å². The summed E-state index contributed by atoms with van der Waals surface area (Å²) in [5.74, 6) is -1.57. The summed E-state index contributed by atoms with van der Waals surface area (Å²) in [6.45, 7) is 0. The number of Topliss-reactive ketones (excluding diaryl/α,β-unsaturated/α-hetero) is 3. The van der Waals surface area contributed by atoms with Crippen molar-refractivity contribution < 1.29 is 14.4 Å². The Morgan fingerprint density at radius 3 is 2.26 bits per heavy atom. The van der Waals surface area contributed by atoms with E-state index in [1.54, 1.807) is 48.5 Å². The third-order valence-electron chi connectivity index (χ3n) is 8.04. The van der Waals surface area contributed by atoms with Crippen LogP contribution in [0.25, 0.3) is 6.08 Å². The molecule has 7 rings (SSSR count). The van der Waals surface area contributed by atoms with Crippen LogP contribution in [0.15, 0.2) is 90.3 Å². The quantitative estimate of drug-likeness (QED) is 0.195. The summed E-state index contributed by atoms with van der Waals surface area (Å²) < 4.78 is 0. The number of para-hydroxylation sites is 1. The summed E-state index contributed by atoms with van der Waals surface area (Å²) in [7, 11) is 0. The Balaban J connectivity index is 1.58. The van der Waals surface area contributed by atoms with Crippen molar-refractivity contribution in [2.24, 2.45) is 5.41 Å². The number of halogens is 2. The number of thiophene rings is 1. The molecular weight excluding hydrogens is 537 g/mol. The monoisotopic (exact) mass is 555 g/mol. The number of rotatable bonds is 3. The standard InChI is InChI=1S/C31H19Cl2NO3S/c32-18-12-13-21(22(33)16-18)26-27(28(35)24-10-5-15-38-24)34-23-9-4-1-6-17(23)11-14-25(34)31(26)29(36)19-7-2-3-8-20(19)30(31)37/h1-16,25-27H/t25-,26+,27-/m0/s1. The highest BCUT2D eigenvalue weighted by Crippen LogP contribution is 2.61. The first-order valence-electron chi connectivity index (χ1n) is 12.2. The van der Waals surface area contributed by atoms with E-state index in [9.17, 15) is 14.4 Å². The number of hydrogen-bond acceptors (Lipinski definition) is 5. The van der Waals surface area contributed by atoms with Gasteiger partial charge in [0.2, 0.25) is 0 Å². The van der Waals surface area contributed by atoms with E-state index in [1.807, 2.05) is 52.8 Å². The Kier molecular flexibility index (Phi) is 5.28. The van der Waals surface area contributed by atoms with E-state index in [2.05, 4.69) is 0 Å². The van der Waals surface area contributed by atoms with E-state index in [-0.39, 0.29) is 17.3 Å². The van der Waals surface area contributed by atoms with Crippen molar-refractivity contribution in [2.45, 2.75) is 18.0 Å². The second-order valence-electron chi connectivity index (χ2n) is 9.77. The molecule has 4 aromatic rings. The second-order valence-corrected chi connectivity index (χ2v) is 11.6. The molecule has 0 N–H and O–H groups in total. The lowest BCUT2D eigenvalue weighted by atomic mass is 9.64. The number of hydrogen-bond donors (Lipinski definition) is 0. The summed E-state index contributed by atoms with van der Waals surface area (Å²) >= 11 is 14.4. The van der Waals surface area contributed by atoms with Crippen molar-refractivity contribution in [1.82, 2.24) is 0 Å². The number of carbonyl (C=O) groups excluding carboxylic acids is 3. The summed E-state index contributed by atoms with van der Waals surface area (Å²) in [6, 6.07) is 21.8. The normalized spacial score (nSPS) is 22.5. The molecule has 1 aliphatic carbocycles. The fourth-order valence-electron chi connectivity index (χ4n) is 6.58. The van der Waals surface area contributed by atoms with Crippen molar-refractivity contribution in [1.29, 1.82) is 0 Å². The van der Waals surface area contributed by atoms with Crippen LogP contribution in [-0.2, 0) is 0 Å². The predicted octanol–water partition coefficient (Wildman–Crippen LogP) is 7.37. The zero-order chi connectivity index (χ0) is 26.2. The van der Waals surface area contributed by atoms with Crippen LogP contribution in [-0.4, -0.2) is 29.4 Å². The molecule has 0 radical (unpaired) electrons. The molecule has 4 nitrogen and oxygen atoms in total. The van der Waals surface area contributed by atoms with Gasteiger partial charge in [0.25, 0.3) is 0 Å². The predicted molar refractivity (Wildman–Crippen MR) is 151 cm³/mol. The number of carbonyl (C=O) groups is 3. The van der Waals surface area contributed by atoms with Crippen molar-refractivity contribution in [3.63, 3.8) is 0 Å². The number of anilines is 1. The molecule has 7 heteroatoms. The van der Waals surface area contributed by atoms with Crippen LogP contribution < -0.4 is 4.90 Å². The third-order valence-corrected chi connectivity index (χ3v) is 9.49. The molecule has 38 heavy (non-hydrogen) atoms. The van der Waals surface area contributed by atoms with Crippen molar-refractivity contribution >= 4 is 63.7 Å². The summed E-state index contributed by atoms with van der Waals surface area (Å²) in [5.41, 5.74) is 1.45. The van der Waals surface area contributed by atoms with Crippen LogP contribution in [0, 0.1) is 5.41 Å². The third kappa shape index (κ3) is 3.01. The van der Waals surface area contributed by atoms with Crippen LogP contribution in [0.5, 0.6) is 0 Å². The summed E-state index contributed by atoms with van der Waals surface area (Å²) in [4.78, 5) is 46.1. The Hall–Kier alpha value is -3.51. The van der Waals surface area contributed by atoms with Gasteiger partial charge in [0.1, 0.15) is 11.5 Å². The van der Waals surface area contributed by atoms with Gasteiger partial charge in [-0.15, -0.1) is 11.3 Å². The highest BCUT2D eigenvalue weighted by atomic mass is 35.5. The zero-order valence-electron chi connectivity index (χ0n) is 19.8. The van der Waals surface area contributed by atoms with Gasteiger partial charge in [0.15, 0.2) is 17.3 Å². The average Bonchev–Trinajstić information content (AvgIpc) is 3.62. The molecule has 3 aromatic carbocycles. The number of benzene rings is 3. The van der Waals surface area contributed by atoms with Gasteiger partial charge in [-0.1, -0.05) is 90.0 Å². The molecule has 0 saturated carbocycles. The Morgan fingerprint density at radius 2 is 1.58 bits per heavy atom. The zero-order valence-corrected chi connectivity index (χ0v) is 22.1. The van der Waals surface area contributed by atoms with E-state index in [1.165, 1.54) is 11.3 Å². The average molecular weight is 556 g/mol. The van der Waals surface area contributed by atoms with Crippen LogP contribution >= 0.6 is 34.5 Å². The van der Waals surface area contributed by atoms with Gasteiger partial charge < -0.3 is 4.90 Å². The maximum Gasteiger partial charge on any atom is 0.195 e. The highest BCUT2D eigenvalue weighted by Gasteiger charge is 2.71. The lowest BCUT2D eigenvalue weighted by molar-refractivity contribution is 0.0666. The molecule has 1 saturated heterocycles. The Labute approximate surface area is 233 Å². The topological polar surface area (TPSA) is 54.5 Å². The van der Waals surface area contributed by atoms with Gasteiger partial charge in [-0.25, -0.2) is 0 Å². The maximum atomic E-state index is 14.6. The largest absolute Gasteiger partial charge is 0.352 e. The minimum Gasteiger partial charge on any atom is -0.352 e. The lowest BCUT2D eigenvalue weighted by Crippen LogP contribution is -2.48. The van der Waals surface area contributed by atoms with Gasteiger partial charge in [-0.05, 0) is 40.8 Å². The molecule has 1 spiro atoms. The first kappa shape index (κ1) is 23.6. The molecular formula is C31H19Cl2NO3S. The van der Waals surface area contributed by atoms with E-state index in [0.717, 1.165) is 11.3 Å². The molecule has 3 atom stereocenters. The van der Waals surface area contributed by atoms with E-state index >= 15 is 0 Å². The molecule has 2 aliphatic heterocycles. The minimum absolute atomic E-state index is 0.153. The first-order chi connectivity index (χ1) is 18.4. The Morgan fingerprint density at radius 1 is 0.868 bits per heavy atom. The van der Waals surface area contributed by atoms with Crippen molar-refractivity contribution in [3.05, 3.63) is 127 Å². The van der Waals surface area contributed by atoms with Gasteiger partial charge in [0, 0.05) is 32.8 Å². The minimum atomic E-state index is -1.58. The summed E-state index contributed by atoms with van der Waals surface area (Å²) in [5, 5.41) is 2.60. The van der Waals surface area contributed by atoms with Crippen LogP contribution in [0.2, 0.25) is 10.0 Å². The maximum absolute atomic E-state index is 14.6. The molecule has 3 heterocycles. The highest BCUT2D eigenvalue weighted by molar-refractivity contribution is 7.12. The number of ketones is 3. The second kappa shape index (κ2) is 8.50. The van der Waals surface area contributed by atoms with Gasteiger partial charge in [-0.3, -0.25) is 14.4 Å². The number of fused-ring (bicyclic) bond motifs is 5. The Bertz CT molecular complexity index is 1660. The fourth-order valence-corrected chi connectivity index (χ4v) is 7.80. The van der Waals surface area contributed by atoms with Crippen LogP contribution in [0.1, 0.15) is 47.4 Å². The smallest absolute Gasteiger partial charge is 0.195 e. The molecule has 1 fully saturated rings. The molecule has 186 valence electrons. The number of nitrogens with zero attached hydrogens (tertiary/aromatic N) is 1. The van der Waals surface area contributed by atoms with Crippen LogP contribution in [0.4, 0.5) is 5.69 Å². The SMILES string of the molecule is O=C(c1cccs1)[C@@H]1[C@@H](c2ccc(Cl)cc2Cl)C2(C(=O)c3ccccc3C2=O)[C@@H]2C=Cc3ccccc3N12. The van der Waals surface area contributed by atoms with Crippen molar-refractivity contribution in [3.8, 4) is 0 Å². The molecule has 0 unspecified atom stereocenters. The van der Waals surface area contributed by atoms with Crippen molar-refractivity contribution in [2.75, 3.05) is 4.90 Å². The fraction of sp³-hybridized carbons (Fsp3) is 0.129. The van der Waals surface area contributed by atoms with Gasteiger partial charge >= 0.3 is 0 Å². The molecule has 0 amide bonds. The molecule has 1 aromatic heterocycles. The van der Waals surface area contributed by atoms with E-state index in [4.69, 9.17) is 23.2 Å². The summed E-state index contributed by atoms with van der Waals surface area (Å²) in [6.07, 6.45) is 3.85. The lowest BCUT2D eigenvalue weighted by Gasteiger charge is -2.37. The van der Waals surface area contributed by atoms with Gasteiger partial charge in [-0.2, -0.15) is 0 Å². The van der Waals surface area contributed by atoms with Gasteiger partial charge in [0.05, 0.1) is 10.9 Å². The van der Waals surface area contributed by atoms with Crippen LogP contribution in [0.3, 0.4) is 0 Å². The van der Waals surface area contributed by atoms with E-state index < -0.39 is 23.4 Å².